The molecule has 0 spiro atoms. The Morgan fingerprint density at radius 1 is 0.973 bits per heavy atom. The number of likely N-dealkylation sites (tertiary alicyclic amines) is 1. The first kappa shape index (κ1) is 36.5. The van der Waals surface area contributed by atoms with Gasteiger partial charge in [-0.25, -0.2) is 4.79 Å². The summed E-state index contributed by atoms with van der Waals surface area (Å²) in [6.07, 6.45) is 6.48. The van der Waals surface area contributed by atoms with Gasteiger partial charge in [0.2, 0.25) is 12.3 Å². The third-order valence-electron chi connectivity index (χ3n) is 5.12. The number of hydrogen-bond acceptors (Lipinski definition) is 5. The van der Waals surface area contributed by atoms with E-state index in [-0.39, 0.29) is 30.4 Å². The molecule has 1 aromatic carbocycles. The Morgan fingerprint density at radius 3 is 1.76 bits per heavy atom. The van der Waals surface area contributed by atoms with Crippen LogP contribution in [-0.4, -0.2) is 74.5 Å². The van der Waals surface area contributed by atoms with E-state index in [9.17, 15) is 14.4 Å². The number of rotatable bonds is 8. The van der Waals surface area contributed by atoms with Crippen molar-refractivity contribution in [3.8, 4) is 0 Å². The number of piperidine rings is 1. The molecule has 2 amide bonds. The molecule has 1 saturated heterocycles. The molecule has 0 saturated carbocycles. The van der Waals surface area contributed by atoms with Gasteiger partial charge in [0.25, 0.3) is 0 Å². The molecule has 0 aromatic heterocycles. The molecule has 37 heavy (non-hydrogen) atoms. The number of amides is 2. The smallest absolute Gasteiger partial charge is 0.333 e. The number of likely N-dealkylation sites (N-methyl/N-ethyl adjacent to an activating group) is 1. The fourth-order valence-electron chi connectivity index (χ4n) is 3.18. The molecule has 1 atom stereocenters. The van der Waals surface area contributed by atoms with Crippen LogP contribution in [0.5, 0.6) is 0 Å². The van der Waals surface area contributed by atoms with Crippen LogP contribution in [0.25, 0.3) is 0 Å². The Kier molecular flexibility index (Phi) is 23.4. The van der Waals surface area contributed by atoms with Crippen LogP contribution in [0.2, 0.25) is 0 Å². The highest BCUT2D eigenvalue weighted by Crippen LogP contribution is 2.14. The van der Waals surface area contributed by atoms with Crippen molar-refractivity contribution in [1.29, 1.82) is 0 Å². The summed E-state index contributed by atoms with van der Waals surface area (Å²) in [5.41, 5.74) is 0.466. The molecule has 0 radical (unpaired) electrons. The predicted octanol–water partition coefficient (Wildman–Crippen LogP) is 5.18. The molecule has 7 heteroatoms. The van der Waals surface area contributed by atoms with Crippen molar-refractivity contribution in [1.82, 2.24) is 15.1 Å². The Morgan fingerprint density at radius 2 is 1.43 bits per heavy atom. The molecule has 0 unspecified atom stereocenters. The molecule has 1 aliphatic heterocycles. The first-order valence-corrected chi connectivity index (χ1v) is 13.4. The molecule has 0 aliphatic carbocycles. The van der Waals surface area contributed by atoms with E-state index in [1.807, 2.05) is 50.2 Å². The Bertz CT molecular complexity index is 700. The van der Waals surface area contributed by atoms with Crippen LogP contribution in [0.1, 0.15) is 67.7 Å². The van der Waals surface area contributed by atoms with Crippen LogP contribution < -0.4 is 5.32 Å². The second kappa shape index (κ2) is 23.7. The summed E-state index contributed by atoms with van der Waals surface area (Å²) in [6.45, 7) is 16.7. The summed E-state index contributed by atoms with van der Waals surface area (Å²) < 4.78 is 4.92. The number of ether oxygens (including phenoxy) is 1. The Balaban J connectivity index is 0. The van der Waals surface area contributed by atoms with E-state index >= 15 is 0 Å². The lowest BCUT2D eigenvalue weighted by atomic mass is 10.00. The van der Waals surface area contributed by atoms with Crippen molar-refractivity contribution in [2.45, 2.75) is 73.8 Å². The zero-order valence-electron chi connectivity index (χ0n) is 24.8. The zero-order valence-corrected chi connectivity index (χ0v) is 24.8. The van der Waals surface area contributed by atoms with E-state index in [0.717, 1.165) is 5.92 Å². The maximum atomic E-state index is 11.9. The third kappa shape index (κ3) is 22.3. The largest absolute Gasteiger partial charge is 0.463 e. The molecular formula is C30H53N3O4. The van der Waals surface area contributed by atoms with Gasteiger partial charge in [-0.15, -0.1) is 0 Å². The maximum absolute atomic E-state index is 11.9. The van der Waals surface area contributed by atoms with Crippen molar-refractivity contribution in [2.75, 3.05) is 40.3 Å². The second-order valence-electron chi connectivity index (χ2n) is 10.1. The number of nitrogens with one attached hydrogen (secondary N) is 1. The van der Waals surface area contributed by atoms with Crippen molar-refractivity contribution in [3.63, 3.8) is 0 Å². The Hall–Kier alpha value is -2.67. The third-order valence-corrected chi connectivity index (χ3v) is 5.12. The highest BCUT2D eigenvalue weighted by Gasteiger charge is 2.22. The van der Waals surface area contributed by atoms with Crippen molar-refractivity contribution in [3.05, 3.63) is 48.0 Å². The first-order valence-electron chi connectivity index (χ1n) is 13.4. The summed E-state index contributed by atoms with van der Waals surface area (Å²) in [5, 5.41) is 2.34. The van der Waals surface area contributed by atoms with Crippen molar-refractivity contribution >= 4 is 18.3 Å². The second-order valence-corrected chi connectivity index (χ2v) is 10.1. The van der Waals surface area contributed by atoms with Gasteiger partial charge in [-0.05, 0) is 58.7 Å². The van der Waals surface area contributed by atoms with E-state index in [2.05, 4.69) is 38.0 Å². The van der Waals surface area contributed by atoms with E-state index in [1.54, 1.807) is 27.0 Å². The van der Waals surface area contributed by atoms with E-state index < -0.39 is 0 Å². The number of esters is 1. The number of carbonyl (C=O) groups excluding carboxylic acids is 3. The van der Waals surface area contributed by atoms with Gasteiger partial charge < -0.3 is 19.9 Å². The minimum absolute atomic E-state index is 0.0600. The first-order chi connectivity index (χ1) is 17.5. The molecule has 1 heterocycles. The Labute approximate surface area is 226 Å². The number of nitrogens with zero attached hydrogens (tertiary/aromatic N) is 2. The highest BCUT2D eigenvalue weighted by molar-refractivity contribution is 5.88. The average Bonchev–Trinajstić information content (AvgIpc) is 2.87. The maximum Gasteiger partial charge on any atom is 0.333 e. The molecule has 0 bridgehead atoms. The fraction of sp³-hybridized carbons (Fsp3) is 0.633. The van der Waals surface area contributed by atoms with Crippen molar-refractivity contribution < 1.29 is 19.1 Å². The normalized spacial score (nSPS) is 14.0. The van der Waals surface area contributed by atoms with Gasteiger partial charge in [-0.3, -0.25) is 9.59 Å². The molecular weight excluding hydrogens is 466 g/mol. The topological polar surface area (TPSA) is 79.0 Å². The minimum Gasteiger partial charge on any atom is -0.463 e. The summed E-state index contributed by atoms with van der Waals surface area (Å²) in [6, 6.07) is 11.8. The van der Waals surface area contributed by atoms with E-state index in [4.69, 9.17) is 4.74 Å². The standard InChI is InChI=1S/C14H24N2O4.C6H13N.C6H6.C4H10/c1-6-20-14(19)11(4)7-12(10(2)3)16(5)13(18)8-15-9-17;1-7-5-3-2-4-6-7;1-2-4-6-5-3-1;1-4(2)3/h7,9-10,12H,6,8H2,1-5H3,(H,15,17);2-6H2,1H3;1-6H;4H,1-3H3/b11-7+;;;/t12-;;;/m1.../s1. The fourth-order valence-corrected chi connectivity index (χ4v) is 3.18. The molecule has 1 N–H and O–H groups in total. The molecule has 212 valence electrons. The van der Waals surface area contributed by atoms with Crippen LogP contribution in [-0.2, 0) is 19.1 Å². The van der Waals surface area contributed by atoms with Crippen LogP contribution in [0.4, 0.5) is 0 Å². The van der Waals surface area contributed by atoms with Crippen LogP contribution in [0, 0.1) is 11.8 Å². The number of hydrogen-bond donors (Lipinski definition) is 1. The SMILES string of the molecule is CC(C)C.CCOC(=O)/C(C)=C/[C@H](C(C)C)N(C)C(=O)CNC=O.CN1CCCCC1.c1ccccc1. The summed E-state index contributed by atoms with van der Waals surface area (Å²) in [5.74, 6) is 0.360. The van der Waals surface area contributed by atoms with Gasteiger partial charge in [0.1, 0.15) is 0 Å². The quantitative estimate of drug-likeness (QED) is 0.291. The van der Waals surface area contributed by atoms with Gasteiger partial charge in [0, 0.05) is 12.6 Å². The van der Waals surface area contributed by atoms with E-state index in [1.165, 1.54) is 37.3 Å². The van der Waals surface area contributed by atoms with Crippen LogP contribution in [0.3, 0.4) is 0 Å². The predicted molar refractivity (Wildman–Crippen MR) is 154 cm³/mol. The van der Waals surface area contributed by atoms with Gasteiger partial charge >= 0.3 is 5.97 Å². The van der Waals surface area contributed by atoms with Gasteiger partial charge in [0.15, 0.2) is 0 Å². The molecule has 1 fully saturated rings. The van der Waals surface area contributed by atoms with Gasteiger partial charge in [-0.2, -0.15) is 0 Å². The lowest BCUT2D eigenvalue weighted by Crippen LogP contribution is -2.43. The lowest BCUT2D eigenvalue weighted by molar-refractivity contribution is -0.138. The summed E-state index contributed by atoms with van der Waals surface area (Å²) >= 11 is 0. The van der Waals surface area contributed by atoms with Gasteiger partial charge in [0.05, 0.1) is 19.2 Å². The monoisotopic (exact) mass is 519 g/mol. The molecule has 1 aliphatic rings. The number of carbonyl (C=O) groups is 3. The molecule has 2 rings (SSSR count). The lowest BCUT2D eigenvalue weighted by Gasteiger charge is -2.29. The highest BCUT2D eigenvalue weighted by atomic mass is 16.5. The zero-order chi connectivity index (χ0) is 28.6. The van der Waals surface area contributed by atoms with E-state index in [0.29, 0.717) is 18.6 Å². The minimum atomic E-state index is -0.384. The molecule has 7 nitrogen and oxygen atoms in total. The number of benzene rings is 1. The molecule has 1 aromatic rings. The summed E-state index contributed by atoms with van der Waals surface area (Å²) in [7, 11) is 3.84. The summed E-state index contributed by atoms with van der Waals surface area (Å²) in [4.78, 5) is 37.6. The van der Waals surface area contributed by atoms with Gasteiger partial charge in [-0.1, -0.05) is 83.5 Å². The van der Waals surface area contributed by atoms with Crippen LogP contribution >= 0.6 is 0 Å². The average molecular weight is 520 g/mol. The van der Waals surface area contributed by atoms with Crippen molar-refractivity contribution in [2.24, 2.45) is 11.8 Å². The van der Waals surface area contributed by atoms with Crippen LogP contribution in [0.15, 0.2) is 48.0 Å².